The normalized spacial score (nSPS) is 23.2. The van der Waals surface area contributed by atoms with Crippen molar-refractivity contribution in [2.24, 2.45) is 0 Å². The van der Waals surface area contributed by atoms with Crippen LogP contribution in [0, 0.1) is 0 Å². The average molecular weight is 359 g/mol. The van der Waals surface area contributed by atoms with Gasteiger partial charge in [-0.25, -0.2) is 13.4 Å². The second-order valence-electron chi connectivity index (χ2n) is 6.73. The van der Waals surface area contributed by atoms with Crippen LogP contribution in [0.4, 0.5) is 0 Å². The van der Waals surface area contributed by atoms with Gasteiger partial charge >= 0.3 is 0 Å². The predicted octanol–water partition coefficient (Wildman–Crippen LogP) is 1.72. The number of rotatable bonds is 3. The number of sulfonamides is 1. The maximum Gasteiger partial charge on any atom is 0.254 e. The summed E-state index contributed by atoms with van der Waals surface area (Å²) in [7, 11) is -3.28. The van der Waals surface area contributed by atoms with Gasteiger partial charge in [0.25, 0.3) is 5.56 Å². The highest BCUT2D eigenvalue weighted by atomic mass is 32.2. The van der Waals surface area contributed by atoms with Gasteiger partial charge in [-0.2, -0.15) is 4.31 Å². The summed E-state index contributed by atoms with van der Waals surface area (Å²) in [4.78, 5) is 20.2. The van der Waals surface area contributed by atoms with Gasteiger partial charge in [0.15, 0.2) is 0 Å². The number of hydrogen-bond donors (Lipinski definition) is 1. The van der Waals surface area contributed by atoms with E-state index in [1.165, 1.54) is 0 Å². The molecule has 0 spiro atoms. The van der Waals surface area contributed by atoms with E-state index in [1.54, 1.807) is 11.2 Å². The molecule has 4 rings (SSSR count). The van der Waals surface area contributed by atoms with Crippen LogP contribution in [0.1, 0.15) is 31.0 Å². The van der Waals surface area contributed by atoms with Crippen LogP contribution >= 0.6 is 0 Å². The molecule has 1 fully saturated rings. The molecule has 0 aliphatic carbocycles. The van der Waals surface area contributed by atoms with Crippen molar-refractivity contribution >= 4 is 10.0 Å². The Bertz CT molecular complexity index is 953. The zero-order valence-corrected chi connectivity index (χ0v) is 14.9. The third-order valence-corrected chi connectivity index (χ3v) is 7.22. The molecule has 2 aromatic rings. The Hall–Kier alpha value is -1.99. The lowest BCUT2D eigenvalue weighted by Crippen LogP contribution is -2.42. The molecule has 2 atom stereocenters. The van der Waals surface area contributed by atoms with Crippen LogP contribution in [0.5, 0.6) is 0 Å². The number of benzene rings is 1. The first kappa shape index (κ1) is 16.5. The first-order chi connectivity index (χ1) is 12.0. The second-order valence-corrected chi connectivity index (χ2v) is 8.89. The average Bonchev–Trinajstić information content (AvgIpc) is 2.92. The van der Waals surface area contributed by atoms with E-state index in [4.69, 9.17) is 0 Å². The Morgan fingerprint density at radius 1 is 1.16 bits per heavy atom. The molecule has 25 heavy (non-hydrogen) atoms. The molecule has 6 nitrogen and oxygen atoms in total. The quantitative estimate of drug-likeness (QED) is 0.904. The number of nitrogens with zero attached hydrogens (tertiary/aromatic N) is 2. The Morgan fingerprint density at radius 3 is 2.52 bits per heavy atom. The summed E-state index contributed by atoms with van der Waals surface area (Å²) in [6.07, 6.45) is 2.60. The fourth-order valence-electron chi connectivity index (χ4n) is 4.04. The van der Waals surface area contributed by atoms with E-state index in [0.29, 0.717) is 24.2 Å². The highest BCUT2D eigenvalue weighted by molar-refractivity contribution is 7.89. The van der Waals surface area contributed by atoms with E-state index in [1.807, 2.05) is 30.3 Å². The third kappa shape index (κ3) is 2.81. The van der Waals surface area contributed by atoms with E-state index < -0.39 is 10.0 Å². The van der Waals surface area contributed by atoms with Crippen LogP contribution in [0.2, 0.25) is 0 Å². The summed E-state index contributed by atoms with van der Waals surface area (Å²) in [6.45, 7) is 1.67. The molecule has 1 aromatic carbocycles. The predicted molar refractivity (Wildman–Crippen MR) is 95.8 cm³/mol. The van der Waals surface area contributed by atoms with Crippen LogP contribution in [0.3, 0.4) is 0 Å². The van der Waals surface area contributed by atoms with Gasteiger partial charge in [-0.05, 0) is 26.2 Å². The van der Waals surface area contributed by atoms with E-state index in [0.717, 1.165) is 24.1 Å². The van der Waals surface area contributed by atoms with Crippen molar-refractivity contribution < 1.29 is 8.42 Å². The van der Waals surface area contributed by atoms with Crippen molar-refractivity contribution in [1.29, 1.82) is 0 Å². The first-order valence-electron chi connectivity index (χ1n) is 8.68. The Balaban J connectivity index is 1.79. The van der Waals surface area contributed by atoms with Crippen LogP contribution < -0.4 is 5.56 Å². The molecular formula is C18H21N3O3S. The van der Waals surface area contributed by atoms with Crippen LogP contribution in [0.25, 0.3) is 11.4 Å². The molecule has 0 radical (unpaired) electrons. The van der Waals surface area contributed by atoms with Gasteiger partial charge in [0.2, 0.25) is 10.0 Å². The fraction of sp³-hybridized carbons (Fsp3) is 0.444. The molecule has 2 aliphatic heterocycles. The Kier molecular flexibility index (Phi) is 4.00. The Labute approximate surface area is 147 Å². The lowest BCUT2D eigenvalue weighted by Gasteiger charge is -2.26. The lowest BCUT2D eigenvalue weighted by molar-refractivity contribution is 0.328. The minimum absolute atomic E-state index is 0.0888. The minimum atomic E-state index is -3.28. The van der Waals surface area contributed by atoms with E-state index in [2.05, 4.69) is 9.97 Å². The summed E-state index contributed by atoms with van der Waals surface area (Å²) in [5, 5.41) is 0. The van der Waals surface area contributed by atoms with Crippen molar-refractivity contribution in [2.45, 2.75) is 44.7 Å². The van der Waals surface area contributed by atoms with E-state index in [9.17, 15) is 13.2 Å². The van der Waals surface area contributed by atoms with Crippen molar-refractivity contribution in [3.8, 4) is 11.4 Å². The third-order valence-electron chi connectivity index (χ3n) is 5.26. The van der Waals surface area contributed by atoms with Gasteiger partial charge in [-0.1, -0.05) is 30.3 Å². The molecule has 0 amide bonds. The molecule has 1 saturated heterocycles. The van der Waals surface area contributed by atoms with Crippen molar-refractivity contribution in [1.82, 2.24) is 14.3 Å². The molecule has 1 aromatic heterocycles. The molecule has 132 valence electrons. The summed E-state index contributed by atoms with van der Waals surface area (Å²) in [5.41, 5.74) is 2.09. The molecule has 2 bridgehead atoms. The number of aromatic nitrogens is 2. The zero-order valence-electron chi connectivity index (χ0n) is 14.1. The summed E-state index contributed by atoms with van der Waals surface area (Å²) >= 11 is 0. The van der Waals surface area contributed by atoms with Gasteiger partial charge in [0, 0.05) is 29.6 Å². The molecule has 7 heteroatoms. The minimum Gasteiger partial charge on any atom is -0.306 e. The molecule has 2 aliphatic rings. The number of hydrogen-bond acceptors (Lipinski definition) is 4. The van der Waals surface area contributed by atoms with E-state index in [-0.39, 0.29) is 23.4 Å². The number of fused-ring (bicyclic) bond motifs is 3. The maximum absolute atomic E-state index is 12.6. The molecule has 1 N–H and O–H groups in total. The fourth-order valence-corrected chi connectivity index (χ4v) is 5.61. The largest absolute Gasteiger partial charge is 0.306 e. The van der Waals surface area contributed by atoms with Crippen LogP contribution in [0.15, 0.2) is 35.1 Å². The standard InChI is InChI=1S/C18H21N3O3S/c1-2-25(23,24)21-13-8-9-14(21)11-16-15(10-13)18(22)20-17(19-16)12-6-4-3-5-7-12/h3-7,13-14H,2,8-11H2,1H3,(H,19,20,22). The van der Waals surface area contributed by atoms with Gasteiger partial charge in [-0.3, -0.25) is 4.79 Å². The number of nitrogens with one attached hydrogen (secondary N) is 1. The lowest BCUT2D eigenvalue weighted by atomic mass is 9.98. The van der Waals surface area contributed by atoms with E-state index >= 15 is 0 Å². The molecule has 3 heterocycles. The molecular weight excluding hydrogens is 338 g/mol. The van der Waals surface area contributed by atoms with Crippen molar-refractivity contribution in [3.63, 3.8) is 0 Å². The maximum atomic E-state index is 12.6. The summed E-state index contributed by atoms with van der Waals surface area (Å²) in [6, 6.07) is 9.31. The SMILES string of the molecule is CCS(=O)(=O)N1C2CCC1Cc1c(nc(-c3ccccc3)[nH]c1=O)C2. The van der Waals surface area contributed by atoms with Gasteiger partial charge in [-0.15, -0.1) is 0 Å². The van der Waals surface area contributed by atoms with Gasteiger partial charge < -0.3 is 4.98 Å². The molecule has 2 unspecified atom stereocenters. The highest BCUT2D eigenvalue weighted by Crippen LogP contribution is 2.35. The van der Waals surface area contributed by atoms with Crippen molar-refractivity contribution in [3.05, 3.63) is 51.9 Å². The van der Waals surface area contributed by atoms with Crippen molar-refractivity contribution in [2.75, 3.05) is 5.75 Å². The number of H-pyrrole nitrogens is 1. The summed E-state index contributed by atoms with van der Waals surface area (Å²) in [5.74, 6) is 0.641. The zero-order chi connectivity index (χ0) is 17.6. The number of aromatic amines is 1. The Morgan fingerprint density at radius 2 is 1.84 bits per heavy atom. The highest BCUT2D eigenvalue weighted by Gasteiger charge is 2.43. The van der Waals surface area contributed by atoms with Crippen LogP contribution in [-0.4, -0.2) is 40.5 Å². The topological polar surface area (TPSA) is 83.1 Å². The second kappa shape index (κ2) is 6.07. The summed E-state index contributed by atoms with van der Waals surface area (Å²) < 4.78 is 26.7. The van der Waals surface area contributed by atoms with Gasteiger partial charge in [0.05, 0.1) is 11.4 Å². The smallest absolute Gasteiger partial charge is 0.254 e. The van der Waals surface area contributed by atoms with Gasteiger partial charge in [0.1, 0.15) is 5.82 Å². The van der Waals surface area contributed by atoms with Crippen LogP contribution in [-0.2, 0) is 22.9 Å². The molecule has 0 saturated carbocycles. The first-order valence-corrected chi connectivity index (χ1v) is 10.3. The monoisotopic (exact) mass is 359 g/mol.